The molecule has 1 heterocycles. The van der Waals surface area contributed by atoms with E-state index in [2.05, 4.69) is 12.2 Å². The molecular weight excluding hydrogens is 254 g/mol. The van der Waals surface area contributed by atoms with Crippen LogP contribution in [-0.2, 0) is 9.47 Å². The van der Waals surface area contributed by atoms with Crippen molar-refractivity contribution >= 4 is 0 Å². The number of nitrogens with one attached hydrogen (secondary N) is 1. The molecule has 2 atom stereocenters. The van der Waals surface area contributed by atoms with Gasteiger partial charge in [-0.05, 0) is 12.5 Å². The number of benzene rings is 1. The zero-order valence-corrected chi connectivity index (χ0v) is 12.3. The molecule has 1 aromatic rings. The van der Waals surface area contributed by atoms with Crippen LogP contribution in [0.4, 0.5) is 0 Å². The second-order valence-electron chi connectivity index (χ2n) is 5.97. The predicted molar refractivity (Wildman–Crippen MR) is 78.6 cm³/mol. The van der Waals surface area contributed by atoms with E-state index in [4.69, 9.17) is 9.47 Å². The minimum Gasteiger partial charge on any atom is -0.389 e. The quantitative estimate of drug-likeness (QED) is 0.761. The van der Waals surface area contributed by atoms with Crippen molar-refractivity contribution in [2.24, 2.45) is 5.41 Å². The molecule has 0 saturated carbocycles. The molecule has 0 radical (unpaired) electrons. The molecular formula is C16H25NO3. The summed E-state index contributed by atoms with van der Waals surface area (Å²) in [6, 6.07) is 10.0. The smallest absolute Gasteiger partial charge is 0.0897 e. The van der Waals surface area contributed by atoms with Crippen LogP contribution in [0.15, 0.2) is 30.3 Å². The van der Waals surface area contributed by atoms with Gasteiger partial charge in [-0.25, -0.2) is 0 Å². The second-order valence-corrected chi connectivity index (χ2v) is 5.97. The van der Waals surface area contributed by atoms with Gasteiger partial charge in [-0.2, -0.15) is 0 Å². The van der Waals surface area contributed by atoms with Crippen LogP contribution >= 0.6 is 0 Å². The third-order valence-electron chi connectivity index (χ3n) is 3.64. The average molecular weight is 279 g/mol. The summed E-state index contributed by atoms with van der Waals surface area (Å²) in [6.45, 7) is 7.56. The summed E-state index contributed by atoms with van der Waals surface area (Å²) in [5.41, 5.74) is 1.37. The highest BCUT2D eigenvalue weighted by atomic mass is 16.5. The Kier molecular flexibility index (Phi) is 5.54. The molecule has 0 aromatic heterocycles. The maximum absolute atomic E-state index is 9.91. The van der Waals surface area contributed by atoms with Gasteiger partial charge in [-0.15, -0.1) is 0 Å². The lowest BCUT2D eigenvalue weighted by atomic mass is 9.89. The Bertz CT molecular complexity index is 392. The van der Waals surface area contributed by atoms with Gasteiger partial charge in [0.2, 0.25) is 0 Å². The Morgan fingerprint density at radius 1 is 1.35 bits per heavy atom. The van der Waals surface area contributed by atoms with Crippen molar-refractivity contribution < 1.29 is 14.6 Å². The lowest BCUT2D eigenvalue weighted by Crippen LogP contribution is -2.48. The Balaban J connectivity index is 1.61. The molecule has 0 amide bonds. The molecule has 0 aliphatic carbocycles. The van der Waals surface area contributed by atoms with E-state index in [0.29, 0.717) is 13.2 Å². The molecule has 1 aliphatic heterocycles. The molecule has 1 aliphatic rings. The van der Waals surface area contributed by atoms with Crippen LogP contribution in [0, 0.1) is 5.41 Å². The Morgan fingerprint density at radius 2 is 2.05 bits per heavy atom. The first-order valence-electron chi connectivity index (χ1n) is 7.22. The number of hydrogen-bond acceptors (Lipinski definition) is 4. The van der Waals surface area contributed by atoms with E-state index in [1.165, 1.54) is 0 Å². The van der Waals surface area contributed by atoms with Crippen molar-refractivity contribution in [2.75, 3.05) is 32.9 Å². The first kappa shape index (κ1) is 15.4. The Hall–Kier alpha value is -0.940. The zero-order valence-electron chi connectivity index (χ0n) is 12.3. The fourth-order valence-corrected chi connectivity index (χ4v) is 2.23. The average Bonchev–Trinajstić information content (AvgIpc) is 2.44. The summed E-state index contributed by atoms with van der Waals surface area (Å²) in [4.78, 5) is 0. The number of rotatable bonds is 8. The van der Waals surface area contributed by atoms with Gasteiger partial charge in [0, 0.05) is 18.5 Å². The molecule has 1 saturated heterocycles. The minimum atomic E-state index is -0.481. The van der Waals surface area contributed by atoms with Crippen LogP contribution in [-0.4, -0.2) is 44.1 Å². The molecule has 1 fully saturated rings. The summed E-state index contributed by atoms with van der Waals surface area (Å²) >= 11 is 0. The molecule has 1 aromatic carbocycles. The van der Waals surface area contributed by atoms with E-state index in [1.54, 1.807) is 0 Å². The van der Waals surface area contributed by atoms with E-state index in [1.807, 2.05) is 37.3 Å². The molecule has 4 heteroatoms. The summed E-state index contributed by atoms with van der Waals surface area (Å²) in [7, 11) is 0. The monoisotopic (exact) mass is 279 g/mol. The fourth-order valence-electron chi connectivity index (χ4n) is 2.23. The standard InChI is InChI=1S/C16H25NO3/c1-13(14-6-4-3-5-7-14)20-9-15(18)8-17-10-16(2)11-19-12-16/h3-7,13,15,17-18H,8-12H2,1-2H3. The van der Waals surface area contributed by atoms with E-state index in [9.17, 15) is 5.11 Å². The first-order chi connectivity index (χ1) is 9.59. The van der Waals surface area contributed by atoms with Crippen molar-refractivity contribution in [2.45, 2.75) is 26.1 Å². The van der Waals surface area contributed by atoms with Gasteiger partial charge in [0.1, 0.15) is 0 Å². The molecule has 2 N–H and O–H groups in total. The van der Waals surface area contributed by atoms with Gasteiger partial charge in [0.25, 0.3) is 0 Å². The van der Waals surface area contributed by atoms with Crippen LogP contribution in [0.5, 0.6) is 0 Å². The molecule has 2 rings (SSSR count). The van der Waals surface area contributed by atoms with Crippen LogP contribution < -0.4 is 5.32 Å². The highest BCUT2D eigenvalue weighted by molar-refractivity contribution is 5.16. The molecule has 20 heavy (non-hydrogen) atoms. The predicted octanol–water partition coefficient (Wildman–Crippen LogP) is 1.75. The first-order valence-corrected chi connectivity index (χ1v) is 7.22. The SMILES string of the molecule is CC(OCC(O)CNCC1(C)COC1)c1ccccc1. The molecule has 0 spiro atoms. The van der Waals surface area contributed by atoms with E-state index < -0.39 is 6.10 Å². The van der Waals surface area contributed by atoms with E-state index in [0.717, 1.165) is 25.3 Å². The van der Waals surface area contributed by atoms with Gasteiger partial charge in [0.05, 0.1) is 32.0 Å². The summed E-state index contributed by atoms with van der Waals surface area (Å²) in [6.07, 6.45) is -0.478. The van der Waals surface area contributed by atoms with Gasteiger partial charge in [-0.3, -0.25) is 0 Å². The fraction of sp³-hybridized carbons (Fsp3) is 0.625. The molecule has 2 unspecified atom stereocenters. The third kappa shape index (κ3) is 4.56. The third-order valence-corrected chi connectivity index (χ3v) is 3.64. The number of hydrogen-bond donors (Lipinski definition) is 2. The van der Waals surface area contributed by atoms with Crippen molar-refractivity contribution in [3.05, 3.63) is 35.9 Å². The number of ether oxygens (including phenoxy) is 2. The second kappa shape index (κ2) is 7.18. The van der Waals surface area contributed by atoms with Crippen LogP contribution in [0.1, 0.15) is 25.5 Å². The van der Waals surface area contributed by atoms with Crippen LogP contribution in [0.3, 0.4) is 0 Å². The van der Waals surface area contributed by atoms with Crippen molar-refractivity contribution in [1.82, 2.24) is 5.32 Å². The molecule has 4 nitrogen and oxygen atoms in total. The van der Waals surface area contributed by atoms with Crippen LogP contribution in [0.2, 0.25) is 0 Å². The zero-order chi connectivity index (χ0) is 14.4. The molecule has 112 valence electrons. The Labute approximate surface area is 121 Å². The lowest BCUT2D eigenvalue weighted by molar-refractivity contribution is -0.100. The molecule has 0 bridgehead atoms. The largest absolute Gasteiger partial charge is 0.389 e. The van der Waals surface area contributed by atoms with Crippen LogP contribution in [0.25, 0.3) is 0 Å². The van der Waals surface area contributed by atoms with E-state index in [-0.39, 0.29) is 11.5 Å². The lowest BCUT2D eigenvalue weighted by Gasteiger charge is -2.38. The maximum atomic E-state index is 9.91. The highest BCUT2D eigenvalue weighted by Gasteiger charge is 2.32. The van der Waals surface area contributed by atoms with Crippen molar-refractivity contribution in [1.29, 1.82) is 0 Å². The summed E-state index contributed by atoms with van der Waals surface area (Å²) in [5, 5.41) is 13.2. The highest BCUT2D eigenvalue weighted by Crippen LogP contribution is 2.25. The maximum Gasteiger partial charge on any atom is 0.0897 e. The van der Waals surface area contributed by atoms with Crippen molar-refractivity contribution in [3.63, 3.8) is 0 Å². The normalized spacial score (nSPS) is 20.1. The number of aliphatic hydroxyl groups is 1. The van der Waals surface area contributed by atoms with E-state index >= 15 is 0 Å². The van der Waals surface area contributed by atoms with Gasteiger partial charge < -0.3 is 19.9 Å². The van der Waals surface area contributed by atoms with Gasteiger partial charge in [-0.1, -0.05) is 37.3 Å². The summed E-state index contributed by atoms with van der Waals surface area (Å²) in [5.74, 6) is 0. The summed E-state index contributed by atoms with van der Waals surface area (Å²) < 4.78 is 10.9. The van der Waals surface area contributed by atoms with Crippen molar-refractivity contribution in [3.8, 4) is 0 Å². The minimum absolute atomic E-state index is 0.00315. The number of aliphatic hydroxyl groups excluding tert-OH is 1. The van der Waals surface area contributed by atoms with Gasteiger partial charge in [0.15, 0.2) is 0 Å². The topological polar surface area (TPSA) is 50.7 Å². The van der Waals surface area contributed by atoms with Gasteiger partial charge >= 0.3 is 0 Å². The Morgan fingerprint density at radius 3 is 2.65 bits per heavy atom.